The summed E-state index contributed by atoms with van der Waals surface area (Å²) in [7, 11) is -0.613. The molecule has 1 saturated carbocycles. The molecule has 140 valence electrons. The van der Waals surface area contributed by atoms with E-state index in [2.05, 4.69) is 56.7 Å². The van der Waals surface area contributed by atoms with Crippen LogP contribution in [-0.4, -0.2) is 34.6 Å². The lowest BCUT2D eigenvalue weighted by molar-refractivity contribution is 0.675. The van der Waals surface area contributed by atoms with Crippen LogP contribution in [0.4, 0.5) is 5.69 Å². The van der Waals surface area contributed by atoms with Gasteiger partial charge in [0.05, 0.1) is 9.73 Å². The Morgan fingerprint density at radius 2 is 1.85 bits per heavy atom. The third-order valence-corrected chi connectivity index (χ3v) is 8.67. The van der Waals surface area contributed by atoms with Crippen molar-refractivity contribution in [1.82, 2.24) is 4.98 Å². The lowest BCUT2D eigenvalue weighted by Crippen LogP contribution is -2.19. The average Bonchev–Trinajstić information content (AvgIpc) is 3.26. The molecule has 0 bridgehead atoms. The van der Waals surface area contributed by atoms with E-state index >= 15 is 0 Å². The maximum Gasteiger partial charge on any atom is 0.0778 e. The Labute approximate surface area is 160 Å². The predicted molar refractivity (Wildman–Crippen MR) is 113 cm³/mol. The number of anilines is 1. The second-order valence-electron chi connectivity index (χ2n) is 7.59. The van der Waals surface area contributed by atoms with Crippen molar-refractivity contribution in [3.05, 3.63) is 48.5 Å². The maximum absolute atomic E-state index is 13.5. The van der Waals surface area contributed by atoms with Gasteiger partial charge in [0.2, 0.25) is 0 Å². The van der Waals surface area contributed by atoms with Crippen LogP contribution >= 0.6 is 0 Å². The Kier molecular flexibility index (Phi) is 4.01. The van der Waals surface area contributed by atoms with Crippen LogP contribution in [-0.2, 0) is 9.73 Å². The molecule has 0 amide bonds. The van der Waals surface area contributed by atoms with E-state index in [1.54, 1.807) is 7.05 Å². The number of para-hydroxylation sites is 1. The highest BCUT2D eigenvalue weighted by Crippen LogP contribution is 2.40. The summed E-state index contributed by atoms with van der Waals surface area (Å²) in [6, 6.07) is 16.9. The molecule has 5 rings (SSSR count). The quantitative estimate of drug-likeness (QED) is 0.689. The summed E-state index contributed by atoms with van der Waals surface area (Å²) in [4.78, 5) is 6.90. The zero-order valence-corrected chi connectivity index (χ0v) is 16.5. The minimum absolute atomic E-state index is 0.218. The minimum atomic E-state index is -2.32. The largest absolute Gasteiger partial charge is 0.371 e. The molecule has 2 fully saturated rings. The molecule has 1 saturated heterocycles. The number of aromatic nitrogens is 1. The molecular formula is C22H25N3OS. The molecule has 1 unspecified atom stereocenters. The Morgan fingerprint density at radius 3 is 2.56 bits per heavy atom. The normalized spacial score (nSPS) is 19.4. The highest BCUT2D eigenvalue weighted by atomic mass is 32.2. The number of H-pyrrole nitrogens is 1. The van der Waals surface area contributed by atoms with Crippen molar-refractivity contribution in [3.8, 4) is 11.3 Å². The van der Waals surface area contributed by atoms with E-state index < -0.39 is 9.73 Å². The fourth-order valence-corrected chi connectivity index (χ4v) is 6.42. The zero-order valence-electron chi connectivity index (χ0n) is 15.6. The fourth-order valence-electron chi connectivity index (χ4n) is 4.20. The maximum atomic E-state index is 13.5. The molecule has 1 aliphatic heterocycles. The smallest absolute Gasteiger partial charge is 0.0778 e. The van der Waals surface area contributed by atoms with E-state index in [4.69, 9.17) is 0 Å². The highest BCUT2D eigenvalue weighted by Gasteiger charge is 2.35. The number of rotatable bonds is 4. The van der Waals surface area contributed by atoms with Crippen molar-refractivity contribution in [1.29, 1.82) is 0 Å². The van der Waals surface area contributed by atoms with Gasteiger partial charge in [-0.2, -0.15) is 0 Å². The molecule has 1 aromatic heterocycles. The first kappa shape index (κ1) is 16.9. The van der Waals surface area contributed by atoms with E-state index in [0.29, 0.717) is 0 Å². The van der Waals surface area contributed by atoms with Gasteiger partial charge in [0.1, 0.15) is 0 Å². The molecule has 1 atom stereocenters. The van der Waals surface area contributed by atoms with Crippen LogP contribution in [0.2, 0.25) is 0 Å². The first-order valence-electron chi connectivity index (χ1n) is 9.80. The van der Waals surface area contributed by atoms with Crippen LogP contribution in [0.1, 0.15) is 25.7 Å². The molecule has 27 heavy (non-hydrogen) atoms. The Hall–Kier alpha value is -2.27. The molecule has 0 radical (unpaired) electrons. The van der Waals surface area contributed by atoms with Crippen molar-refractivity contribution in [2.24, 2.45) is 4.36 Å². The number of hydrogen-bond acceptors (Lipinski definition) is 3. The summed E-state index contributed by atoms with van der Waals surface area (Å²) in [6.45, 7) is 2.17. The molecule has 4 nitrogen and oxygen atoms in total. The number of aromatic amines is 1. The third kappa shape index (κ3) is 2.85. The van der Waals surface area contributed by atoms with Crippen LogP contribution in [0.3, 0.4) is 0 Å². The number of hydrogen-bond donors (Lipinski definition) is 1. The predicted octanol–water partition coefficient (Wildman–Crippen LogP) is 5.05. The van der Waals surface area contributed by atoms with Crippen LogP contribution in [0.5, 0.6) is 0 Å². The third-order valence-electron chi connectivity index (χ3n) is 5.82. The Balaban J connectivity index is 1.70. The topological polar surface area (TPSA) is 48.5 Å². The van der Waals surface area contributed by atoms with Gasteiger partial charge in [-0.25, -0.2) is 8.57 Å². The van der Waals surface area contributed by atoms with Gasteiger partial charge in [-0.15, -0.1) is 0 Å². The van der Waals surface area contributed by atoms with Crippen molar-refractivity contribution in [2.75, 3.05) is 25.0 Å². The number of benzene rings is 2. The van der Waals surface area contributed by atoms with E-state index in [-0.39, 0.29) is 5.25 Å². The van der Waals surface area contributed by atoms with E-state index in [1.165, 1.54) is 23.9 Å². The van der Waals surface area contributed by atoms with Gasteiger partial charge in [-0.1, -0.05) is 18.2 Å². The molecule has 1 N–H and O–H groups in total. The van der Waals surface area contributed by atoms with Gasteiger partial charge in [-0.05, 0) is 56.0 Å². The van der Waals surface area contributed by atoms with Crippen LogP contribution in [0, 0.1) is 0 Å². The van der Waals surface area contributed by atoms with E-state index in [9.17, 15) is 4.21 Å². The van der Waals surface area contributed by atoms with Crippen molar-refractivity contribution in [3.63, 3.8) is 0 Å². The summed E-state index contributed by atoms with van der Waals surface area (Å²) in [5, 5.41) is 1.42. The molecule has 1 aliphatic carbocycles. The SMILES string of the molecule is CN=S(=O)(c1ccc(N2CCCC2)c(-c2cc3ccccc3[nH]2)c1)C1CC1. The Morgan fingerprint density at radius 1 is 1.07 bits per heavy atom. The first-order valence-corrected chi connectivity index (χ1v) is 11.4. The summed E-state index contributed by atoms with van der Waals surface area (Å²) >= 11 is 0. The van der Waals surface area contributed by atoms with Crippen molar-refractivity contribution >= 4 is 26.3 Å². The lowest BCUT2D eigenvalue weighted by Gasteiger charge is -2.22. The van der Waals surface area contributed by atoms with Crippen molar-refractivity contribution in [2.45, 2.75) is 35.8 Å². The molecule has 5 heteroatoms. The monoisotopic (exact) mass is 379 g/mol. The second kappa shape index (κ2) is 6.41. The van der Waals surface area contributed by atoms with Crippen LogP contribution in [0.15, 0.2) is 57.8 Å². The van der Waals surface area contributed by atoms with Crippen LogP contribution < -0.4 is 4.90 Å². The second-order valence-corrected chi connectivity index (χ2v) is 10.2. The van der Waals surface area contributed by atoms with Gasteiger partial charge in [0.25, 0.3) is 0 Å². The lowest BCUT2D eigenvalue weighted by atomic mass is 10.1. The minimum Gasteiger partial charge on any atom is -0.371 e. The number of nitrogens with zero attached hydrogens (tertiary/aromatic N) is 2. The number of fused-ring (bicyclic) bond motifs is 1. The van der Waals surface area contributed by atoms with E-state index in [0.717, 1.165) is 47.6 Å². The van der Waals surface area contributed by atoms with Crippen LogP contribution in [0.25, 0.3) is 22.2 Å². The first-order chi connectivity index (χ1) is 13.2. The average molecular weight is 380 g/mol. The van der Waals surface area contributed by atoms with Gasteiger partial charge in [-0.3, -0.25) is 0 Å². The fraction of sp³-hybridized carbons (Fsp3) is 0.364. The summed E-state index contributed by atoms with van der Waals surface area (Å²) in [5.41, 5.74) is 4.60. The summed E-state index contributed by atoms with van der Waals surface area (Å²) in [5.74, 6) is 0. The summed E-state index contributed by atoms with van der Waals surface area (Å²) < 4.78 is 17.9. The van der Waals surface area contributed by atoms with Gasteiger partial charge in [0, 0.05) is 58.1 Å². The van der Waals surface area contributed by atoms with Gasteiger partial charge in [0.15, 0.2) is 0 Å². The van der Waals surface area contributed by atoms with Crippen molar-refractivity contribution < 1.29 is 4.21 Å². The Bertz CT molecular complexity index is 1080. The molecule has 2 heterocycles. The zero-order chi connectivity index (χ0) is 18.4. The molecular weight excluding hydrogens is 354 g/mol. The highest BCUT2D eigenvalue weighted by molar-refractivity contribution is 7.94. The standard InChI is InChI=1S/C22H25N3OS/c1-23-27(26,17-8-9-17)18-10-11-22(25-12-4-5-13-25)19(15-18)21-14-16-6-2-3-7-20(16)24-21/h2-3,6-7,10-11,14-15,17,24H,4-5,8-9,12-13H2,1H3. The van der Waals surface area contributed by atoms with Gasteiger partial charge >= 0.3 is 0 Å². The molecule has 3 aromatic rings. The summed E-state index contributed by atoms with van der Waals surface area (Å²) in [6.07, 6.45) is 4.51. The van der Waals surface area contributed by atoms with E-state index in [1.807, 2.05) is 6.07 Å². The molecule has 0 spiro atoms. The molecule has 2 aromatic carbocycles. The van der Waals surface area contributed by atoms with Gasteiger partial charge < -0.3 is 9.88 Å². The number of nitrogens with one attached hydrogen (secondary N) is 1. The molecule has 2 aliphatic rings.